The Hall–Kier alpha value is -1.07. The summed E-state index contributed by atoms with van der Waals surface area (Å²) in [6, 6.07) is 5.22. The first kappa shape index (κ1) is 17.0. The molecule has 1 aromatic carbocycles. The molecule has 5 heteroatoms. The number of rotatable bonds is 5. The number of nitrogens with zero attached hydrogens (tertiary/aromatic N) is 1. The van der Waals surface area contributed by atoms with Gasteiger partial charge in [0, 0.05) is 18.6 Å². The topological polar surface area (TPSA) is 29.3 Å². The molecule has 0 spiro atoms. The Morgan fingerprint density at radius 3 is 2.25 bits per heavy atom. The summed E-state index contributed by atoms with van der Waals surface area (Å²) in [5.41, 5.74) is 9.14. The molecule has 0 heterocycles. The fraction of sp³-hybridized carbons (Fsp3) is 0.600. The number of benzene rings is 1. The third-order valence-electron chi connectivity index (χ3n) is 3.37. The Morgan fingerprint density at radius 2 is 1.80 bits per heavy atom. The van der Waals surface area contributed by atoms with Gasteiger partial charge >= 0.3 is 6.18 Å². The van der Waals surface area contributed by atoms with E-state index in [1.807, 2.05) is 32.0 Å². The third-order valence-corrected chi connectivity index (χ3v) is 3.37. The second-order valence-electron chi connectivity index (χ2n) is 5.60. The van der Waals surface area contributed by atoms with Gasteiger partial charge in [-0.1, -0.05) is 23.8 Å². The van der Waals surface area contributed by atoms with Crippen LogP contribution in [-0.2, 0) is 0 Å². The van der Waals surface area contributed by atoms with E-state index < -0.39 is 18.8 Å². The number of aryl methyl sites for hydroxylation is 2. The molecule has 0 aromatic heterocycles. The van der Waals surface area contributed by atoms with Gasteiger partial charge in [-0.15, -0.1) is 0 Å². The molecular weight excluding hydrogens is 265 g/mol. The van der Waals surface area contributed by atoms with Gasteiger partial charge in [0.05, 0.1) is 6.54 Å². The van der Waals surface area contributed by atoms with Crippen LogP contribution in [0.1, 0.15) is 36.6 Å². The summed E-state index contributed by atoms with van der Waals surface area (Å²) in [7, 11) is 0. The molecule has 1 atom stereocenters. The van der Waals surface area contributed by atoms with Crippen molar-refractivity contribution in [2.75, 3.05) is 13.1 Å². The van der Waals surface area contributed by atoms with Gasteiger partial charge < -0.3 is 5.73 Å². The molecule has 2 N–H and O–H groups in total. The molecule has 0 amide bonds. The van der Waals surface area contributed by atoms with Crippen LogP contribution in [0.3, 0.4) is 0 Å². The van der Waals surface area contributed by atoms with E-state index in [0.29, 0.717) is 0 Å². The molecule has 0 aliphatic heterocycles. The smallest absolute Gasteiger partial charge is 0.323 e. The third kappa shape index (κ3) is 5.13. The van der Waals surface area contributed by atoms with E-state index in [9.17, 15) is 13.2 Å². The Kier molecular flexibility index (Phi) is 5.59. The Bertz CT molecular complexity index is 441. The average molecular weight is 288 g/mol. The molecule has 0 saturated heterocycles. The second kappa shape index (κ2) is 6.59. The van der Waals surface area contributed by atoms with Gasteiger partial charge in [-0.05, 0) is 38.8 Å². The van der Waals surface area contributed by atoms with Crippen LogP contribution in [0, 0.1) is 13.8 Å². The maximum absolute atomic E-state index is 12.6. The molecular formula is C15H23F3N2. The fourth-order valence-corrected chi connectivity index (χ4v) is 2.28. The first-order valence-electron chi connectivity index (χ1n) is 6.73. The summed E-state index contributed by atoms with van der Waals surface area (Å²) >= 11 is 0. The van der Waals surface area contributed by atoms with Crippen LogP contribution < -0.4 is 5.73 Å². The predicted octanol–water partition coefficient (Wildman–Crippen LogP) is 3.58. The maximum Gasteiger partial charge on any atom is 0.401 e. The van der Waals surface area contributed by atoms with E-state index in [0.717, 1.165) is 16.7 Å². The highest BCUT2D eigenvalue weighted by Crippen LogP contribution is 2.22. The SMILES string of the molecule is Cc1ccc(C(N)CN(CC(F)(F)F)C(C)C)c(C)c1. The van der Waals surface area contributed by atoms with Gasteiger partial charge in [0.15, 0.2) is 0 Å². The Balaban J connectivity index is 2.82. The van der Waals surface area contributed by atoms with Crippen molar-refractivity contribution in [1.29, 1.82) is 0 Å². The van der Waals surface area contributed by atoms with Gasteiger partial charge in [0.1, 0.15) is 0 Å². The standard InChI is InChI=1S/C15H23F3N2/c1-10(2)20(9-15(16,17)18)8-14(19)13-6-5-11(3)7-12(13)4/h5-7,10,14H,8-9,19H2,1-4H3. The van der Waals surface area contributed by atoms with Crippen molar-refractivity contribution in [2.45, 2.75) is 46.0 Å². The van der Waals surface area contributed by atoms with E-state index >= 15 is 0 Å². The highest BCUT2D eigenvalue weighted by molar-refractivity contribution is 5.32. The van der Waals surface area contributed by atoms with Crippen molar-refractivity contribution in [1.82, 2.24) is 4.90 Å². The van der Waals surface area contributed by atoms with Crippen LogP contribution >= 0.6 is 0 Å². The lowest BCUT2D eigenvalue weighted by atomic mass is 9.99. The predicted molar refractivity (Wildman–Crippen MR) is 75.6 cm³/mol. The highest BCUT2D eigenvalue weighted by Gasteiger charge is 2.32. The minimum Gasteiger partial charge on any atom is -0.323 e. The number of nitrogens with two attached hydrogens (primary N) is 1. The lowest BCUT2D eigenvalue weighted by molar-refractivity contribution is -0.150. The molecule has 0 radical (unpaired) electrons. The van der Waals surface area contributed by atoms with E-state index in [1.165, 1.54) is 4.90 Å². The highest BCUT2D eigenvalue weighted by atomic mass is 19.4. The van der Waals surface area contributed by atoms with Crippen molar-refractivity contribution < 1.29 is 13.2 Å². The van der Waals surface area contributed by atoms with Gasteiger partial charge in [-0.25, -0.2) is 0 Å². The lowest BCUT2D eigenvalue weighted by Gasteiger charge is -2.30. The van der Waals surface area contributed by atoms with Crippen molar-refractivity contribution >= 4 is 0 Å². The molecule has 1 unspecified atom stereocenters. The monoisotopic (exact) mass is 288 g/mol. The van der Waals surface area contributed by atoms with Crippen LogP contribution in [-0.4, -0.2) is 30.2 Å². The zero-order valence-corrected chi connectivity index (χ0v) is 12.5. The molecule has 2 nitrogen and oxygen atoms in total. The molecule has 0 saturated carbocycles. The van der Waals surface area contributed by atoms with Crippen molar-refractivity contribution in [3.63, 3.8) is 0 Å². The summed E-state index contributed by atoms with van der Waals surface area (Å²) in [5.74, 6) is 0. The van der Waals surface area contributed by atoms with Crippen LogP contribution in [0.25, 0.3) is 0 Å². The fourth-order valence-electron chi connectivity index (χ4n) is 2.28. The van der Waals surface area contributed by atoms with E-state index in [2.05, 4.69) is 0 Å². The minimum absolute atomic E-state index is 0.196. The average Bonchev–Trinajstić information content (AvgIpc) is 2.25. The normalized spacial score (nSPS) is 14.1. The summed E-state index contributed by atoms with van der Waals surface area (Å²) in [6.07, 6.45) is -4.20. The second-order valence-corrected chi connectivity index (χ2v) is 5.60. The quantitative estimate of drug-likeness (QED) is 0.897. The maximum atomic E-state index is 12.6. The van der Waals surface area contributed by atoms with Crippen LogP contribution in [0.5, 0.6) is 0 Å². The zero-order valence-electron chi connectivity index (χ0n) is 12.5. The lowest BCUT2D eigenvalue weighted by Crippen LogP contribution is -2.43. The number of hydrogen-bond acceptors (Lipinski definition) is 2. The van der Waals surface area contributed by atoms with E-state index in [4.69, 9.17) is 5.73 Å². The molecule has 1 rings (SSSR count). The van der Waals surface area contributed by atoms with Gasteiger partial charge in [-0.2, -0.15) is 13.2 Å². The molecule has 114 valence electrons. The molecule has 1 aromatic rings. The molecule has 20 heavy (non-hydrogen) atoms. The zero-order chi connectivity index (χ0) is 15.5. The molecule has 0 fully saturated rings. The minimum atomic E-state index is -4.20. The number of halogens is 3. The Labute approximate surface area is 118 Å². The van der Waals surface area contributed by atoms with Crippen molar-refractivity contribution in [2.24, 2.45) is 5.73 Å². The first-order valence-corrected chi connectivity index (χ1v) is 6.73. The van der Waals surface area contributed by atoms with Crippen molar-refractivity contribution in [3.8, 4) is 0 Å². The van der Waals surface area contributed by atoms with Gasteiger partial charge in [0.2, 0.25) is 0 Å². The molecule has 0 aliphatic rings. The number of alkyl halides is 3. The van der Waals surface area contributed by atoms with Crippen LogP contribution in [0.2, 0.25) is 0 Å². The number of hydrogen-bond donors (Lipinski definition) is 1. The van der Waals surface area contributed by atoms with Gasteiger partial charge in [0.25, 0.3) is 0 Å². The molecule has 0 bridgehead atoms. The van der Waals surface area contributed by atoms with Gasteiger partial charge in [-0.3, -0.25) is 4.90 Å². The Morgan fingerprint density at radius 1 is 1.20 bits per heavy atom. The van der Waals surface area contributed by atoms with E-state index in [1.54, 1.807) is 13.8 Å². The van der Waals surface area contributed by atoms with E-state index in [-0.39, 0.29) is 12.6 Å². The summed E-state index contributed by atoms with van der Waals surface area (Å²) in [4.78, 5) is 1.37. The summed E-state index contributed by atoms with van der Waals surface area (Å²) < 4.78 is 37.7. The molecule has 0 aliphatic carbocycles. The van der Waals surface area contributed by atoms with Crippen molar-refractivity contribution in [3.05, 3.63) is 34.9 Å². The van der Waals surface area contributed by atoms with Crippen LogP contribution in [0.4, 0.5) is 13.2 Å². The largest absolute Gasteiger partial charge is 0.401 e. The first-order chi connectivity index (χ1) is 9.10. The van der Waals surface area contributed by atoms with Crippen LogP contribution in [0.15, 0.2) is 18.2 Å². The summed E-state index contributed by atoms with van der Waals surface area (Å²) in [5, 5.41) is 0. The summed E-state index contributed by atoms with van der Waals surface area (Å²) in [6.45, 7) is 6.68.